The van der Waals surface area contributed by atoms with E-state index in [2.05, 4.69) is 6.92 Å². The first-order valence-corrected chi connectivity index (χ1v) is 8.39. The van der Waals surface area contributed by atoms with Crippen LogP contribution in [-0.2, 0) is 9.59 Å². The van der Waals surface area contributed by atoms with Crippen molar-refractivity contribution in [3.63, 3.8) is 0 Å². The van der Waals surface area contributed by atoms with Gasteiger partial charge in [0.1, 0.15) is 0 Å². The lowest BCUT2D eigenvalue weighted by Gasteiger charge is -2.34. The van der Waals surface area contributed by atoms with Crippen LogP contribution in [0.1, 0.15) is 51.9 Å². The number of thioether (sulfide) groups is 1. The second kappa shape index (κ2) is 9.23. The van der Waals surface area contributed by atoms with E-state index in [1.807, 2.05) is 0 Å². The molecule has 0 bridgehead atoms. The molecule has 0 aromatic heterocycles. The molecule has 1 aliphatic heterocycles. The van der Waals surface area contributed by atoms with E-state index in [4.69, 9.17) is 5.11 Å². The Bertz CT molecular complexity index is 296. The van der Waals surface area contributed by atoms with Crippen molar-refractivity contribution >= 4 is 23.6 Å². The van der Waals surface area contributed by atoms with Crippen molar-refractivity contribution in [3.05, 3.63) is 0 Å². The van der Waals surface area contributed by atoms with Gasteiger partial charge in [0, 0.05) is 24.5 Å². The van der Waals surface area contributed by atoms with E-state index < -0.39 is 5.97 Å². The van der Waals surface area contributed by atoms with Crippen molar-refractivity contribution in [2.24, 2.45) is 0 Å². The number of hydrogen-bond donors (Lipinski definition) is 1. The van der Waals surface area contributed by atoms with Gasteiger partial charge in [-0.05, 0) is 6.42 Å². The number of aliphatic carboxylic acids is 1. The molecule has 5 heteroatoms. The fourth-order valence-corrected chi connectivity index (χ4v) is 3.44. The lowest BCUT2D eigenvalue weighted by atomic mass is 10.1. The normalized spacial score (nSPS) is 19.4. The van der Waals surface area contributed by atoms with Gasteiger partial charge in [-0.1, -0.05) is 32.6 Å². The van der Waals surface area contributed by atoms with E-state index in [0.717, 1.165) is 24.3 Å². The third-order valence-corrected chi connectivity index (χ3v) is 4.54. The maximum absolute atomic E-state index is 12.1. The topological polar surface area (TPSA) is 57.6 Å². The highest BCUT2D eigenvalue weighted by atomic mass is 32.2. The summed E-state index contributed by atoms with van der Waals surface area (Å²) in [4.78, 5) is 24.8. The van der Waals surface area contributed by atoms with Crippen LogP contribution < -0.4 is 0 Å². The van der Waals surface area contributed by atoms with Gasteiger partial charge in [0.25, 0.3) is 0 Å². The monoisotopic (exact) mass is 287 g/mol. The van der Waals surface area contributed by atoms with E-state index >= 15 is 0 Å². The first kappa shape index (κ1) is 16.3. The van der Waals surface area contributed by atoms with Crippen LogP contribution in [0.15, 0.2) is 0 Å². The van der Waals surface area contributed by atoms with Crippen molar-refractivity contribution in [1.82, 2.24) is 4.90 Å². The summed E-state index contributed by atoms with van der Waals surface area (Å²) in [6.45, 7) is 2.88. The Hall–Kier alpha value is -0.710. The highest BCUT2D eigenvalue weighted by molar-refractivity contribution is 7.99. The van der Waals surface area contributed by atoms with E-state index in [1.54, 1.807) is 16.7 Å². The Kier molecular flexibility index (Phi) is 7.94. The zero-order chi connectivity index (χ0) is 14.1. The summed E-state index contributed by atoms with van der Waals surface area (Å²) in [5.41, 5.74) is 0. The van der Waals surface area contributed by atoms with Gasteiger partial charge < -0.3 is 10.0 Å². The third-order valence-electron chi connectivity index (χ3n) is 3.45. The summed E-state index contributed by atoms with van der Waals surface area (Å²) in [5.74, 6) is 1.02. The maximum atomic E-state index is 12.1. The Morgan fingerprint density at radius 2 is 2.00 bits per heavy atom. The maximum Gasteiger partial charge on any atom is 0.305 e. The van der Waals surface area contributed by atoms with Crippen LogP contribution in [0.4, 0.5) is 0 Å². The summed E-state index contributed by atoms with van der Waals surface area (Å²) < 4.78 is 0. The number of hydrogen-bond acceptors (Lipinski definition) is 3. The number of unbranched alkanes of at least 4 members (excludes halogenated alkanes) is 4. The van der Waals surface area contributed by atoms with Crippen molar-refractivity contribution in [2.75, 3.05) is 18.1 Å². The molecular weight excluding hydrogens is 262 g/mol. The number of carbonyl (C=O) groups excluding carboxylic acids is 1. The fraction of sp³-hybridized carbons (Fsp3) is 0.857. The highest BCUT2D eigenvalue weighted by Gasteiger charge is 2.28. The Morgan fingerprint density at radius 3 is 2.68 bits per heavy atom. The predicted molar refractivity (Wildman–Crippen MR) is 78.5 cm³/mol. The summed E-state index contributed by atoms with van der Waals surface area (Å²) in [6.07, 6.45) is 6.32. The van der Waals surface area contributed by atoms with Crippen molar-refractivity contribution < 1.29 is 14.7 Å². The quantitative estimate of drug-likeness (QED) is 0.697. The average molecular weight is 287 g/mol. The molecule has 0 aromatic rings. The standard InChI is InChI=1S/C14H25NO3S/c1-2-3-4-5-6-7-13(16)15-8-9-19-11-12(15)10-14(17)18/h12H,2-11H2,1H3,(H,17,18). The van der Waals surface area contributed by atoms with Crippen LogP contribution >= 0.6 is 11.8 Å². The summed E-state index contributed by atoms with van der Waals surface area (Å²) in [5, 5.41) is 8.89. The second-order valence-corrected chi connectivity index (χ2v) is 6.23. The van der Waals surface area contributed by atoms with Crippen LogP contribution in [0, 0.1) is 0 Å². The minimum atomic E-state index is -0.812. The zero-order valence-electron chi connectivity index (χ0n) is 11.8. The molecule has 1 saturated heterocycles. The smallest absolute Gasteiger partial charge is 0.305 e. The highest BCUT2D eigenvalue weighted by Crippen LogP contribution is 2.20. The number of amides is 1. The van der Waals surface area contributed by atoms with E-state index in [9.17, 15) is 9.59 Å². The zero-order valence-corrected chi connectivity index (χ0v) is 12.6. The van der Waals surface area contributed by atoms with E-state index in [-0.39, 0.29) is 18.4 Å². The third kappa shape index (κ3) is 6.32. The SMILES string of the molecule is CCCCCCCC(=O)N1CCSCC1CC(=O)O. The molecule has 1 heterocycles. The first-order chi connectivity index (χ1) is 9.15. The molecule has 0 spiro atoms. The molecule has 1 fully saturated rings. The molecule has 0 aromatic carbocycles. The molecule has 1 rings (SSSR count). The molecule has 0 saturated carbocycles. The minimum Gasteiger partial charge on any atom is -0.481 e. The van der Waals surface area contributed by atoms with Gasteiger partial charge in [-0.25, -0.2) is 0 Å². The van der Waals surface area contributed by atoms with Crippen LogP contribution in [-0.4, -0.2) is 46.0 Å². The van der Waals surface area contributed by atoms with Gasteiger partial charge in [-0.3, -0.25) is 9.59 Å². The molecule has 1 atom stereocenters. The van der Waals surface area contributed by atoms with Gasteiger partial charge in [-0.2, -0.15) is 11.8 Å². The molecule has 0 radical (unpaired) electrons. The van der Waals surface area contributed by atoms with Crippen molar-refractivity contribution in [2.45, 2.75) is 57.9 Å². The molecule has 19 heavy (non-hydrogen) atoms. The number of carboxylic acids is 1. The second-order valence-electron chi connectivity index (χ2n) is 5.08. The Balaban J connectivity index is 2.32. The number of nitrogens with zero attached hydrogens (tertiary/aromatic N) is 1. The summed E-state index contributed by atoms with van der Waals surface area (Å²) in [7, 11) is 0. The van der Waals surface area contributed by atoms with Crippen molar-refractivity contribution in [1.29, 1.82) is 0 Å². The molecule has 110 valence electrons. The van der Waals surface area contributed by atoms with Gasteiger partial charge in [-0.15, -0.1) is 0 Å². The van der Waals surface area contributed by atoms with Gasteiger partial charge in [0.15, 0.2) is 0 Å². The fourth-order valence-electron chi connectivity index (χ4n) is 2.38. The van der Waals surface area contributed by atoms with Crippen molar-refractivity contribution in [3.8, 4) is 0 Å². The number of carbonyl (C=O) groups is 2. The lowest BCUT2D eigenvalue weighted by molar-refractivity contribution is -0.140. The van der Waals surface area contributed by atoms with Gasteiger partial charge >= 0.3 is 5.97 Å². The Labute approximate surface area is 119 Å². The van der Waals surface area contributed by atoms with Gasteiger partial charge in [0.05, 0.1) is 12.5 Å². The minimum absolute atomic E-state index is 0.0780. The molecule has 4 nitrogen and oxygen atoms in total. The first-order valence-electron chi connectivity index (χ1n) is 7.24. The summed E-state index contributed by atoms with van der Waals surface area (Å²) in [6, 6.07) is -0.112. The van der Waals surface area contributed by atoms with Crippen LogP contribution in [0.5, 0.6) is 0 Å². The number of rotatable bonds is 8. The van der Waals surface area contributed by atoms with Crippen LogP contribution in [0.2, 0.25) is 0 Å². The molecule has 1 aliphatic rings. The lowest BCUT2D eigenvalue weighted by Crippen LogP contribution is -2.47. The van der Waals surface area contributed by atoms with Gasteiger partial charge in [0.2, 0.25) is 5.91 Å². The van der Waals surface area contributed by atoms with E-state index in [0.29, 0.717) is 13.0 Å². The molecule has 1 unspecified atom stereocenters. The number of carboxylic acid groups (broad SMARTS) is 1. The predicted octanol–water partition coefficient (Wildman–Crippen LogP) is 2.77. The van der Waals surface area contributed by atoms with Crippen LogP contribution in [0.3, 0.4) is 0 Å². The molecular formula is C14H25NO3S. The van der Waals surface area contributed by atoms with E-state index in [1.165, 1.54) is 19.3 Å². The van der Waals surface area contributed by atoms with Crippen LogP contribution in [0.25, 0.3) is 0 Å². The molecule has 0 aliphatic carbocycles. The Morgan fingerprint density at radius 1 is 1.26 bits per heavy atom. The molecule has 1 amide bonds. The largest absolute Gasteiger partial charge is 0.481 e. The summed E-state index contributed by atoms with van der Waals surface area (Å²) >= 11 is 1.74. The average Bonchev–Trinajstić information content (AvgIpc) is 2.38. The molecule has 1 N–H and O–H groups in total.